The normalized spacial score (nSPS) is 10.7. The molecule has 0 spiro atoms. The van der Waals surface area contributed by atoms with Crippen molar-refractivity contribution in [3.63, 3.8) is 0 Å². The first-order valence-corrected chi connectivity index (χ1v) is 6.39. The second-order valence-corrected chi connectivity index (χ2v) is 5.08. The zero-order valence-corrected chi connectivity index (χ0v) is 10.7. The quantitative estimate of drug-likeness (QED) is 0.738. The maximum atomic E-state index is 5.67. The Hall–Kier alpha value is -2.14. The van der Waals surface area contributed by atoms with E-state index >= 15 is 0 Å². The van der Waals surface area contributed by atoms with E-state index in [2.05, 4.69) is 21.4 Å². The Labute approximate surface area is 109 Å². The van der Waals surface area contributed by atoms with Crippen LogP contribution in [0.4, 0.5) is 15.8 Å². The van der Waals surface area contributed by atoms with E-state index < -0.39 is 0 Å². The zero-order valence-electron chi connectivity index (χ0n) is 9.84. The molecule has 0 atom stereocenters. The van der Waals surface area contributed by atoms with Crippen molar-refractivity contribution < 1.29 is 0 Å². The molecular formula is C13H12N4S. The van der Waals surface area contributed by atoms with Crippen molar-refractivity contribution in [1.29, 1.82) is 0 Å². The number of nitrogens with one attached hydrogen (secondary N) is 1. The number of aromatic nitrogens is 2. The molecule has 0 aliphatic heterocycles. The highest BCUT2D eigenvalue weighted by molar-refractivity contribution is 7.19. The highest BCUT2D eigenvalue weighted by atomic mass is 32.1. The lowest BCUT2D eigenvalue weighted by Crippen LogP contribution is -1.93. The number of nitrogens with zero attached hydrogens (tertiary/aromatic N) is 2. The van der Waals surface area contributed by atoms with Gasteiger partial charge in [-0.2, -0.15) is 0 Å². The van der Waals surface area contributed by atoms with E-state index in [0.29, 0.717) is 5.00 Å². The van der Waals surface area contributed by atoms with Crippen molar-refractivity contribution in [2.24, 2.45) is 0 Å². The summed E-state index contributed by atoms with van der Waals surface area (Å²) in [6.07, 6.45) is 1.65. The number of hydrogen-bond acceptors (Lipinski definition) is 5. The van der Waals surface area contributed by atoms with Gasteiger partial charge < -0.3 is 11.1 Å². The molecule has 0 bridgehead atoms. The van der Waals surface area contributed by atoms with Crippen LogP contribution in [0.15, 0.2) is 36.5 Å². The fourth-order valence-corrected chi connectivity index (χ4v) is 2.40. The predicted molar refractivity (Wildman–Crippen MR) is 76.3 cm³/mol. The Kier molecular flexibility index (Phi) is 2.60. The minimum atomic E-state index is 0.696. The summed E-state index contributed by atoms with van der Waals surface area (Å²) in [6, 6.07) is 10.1. The van der Waals surface area contributed by atoms with Crippen LogP contribution in [0.3, 0.4) is 0 Å². The van der Waals surface area contributed by atoms with Crippen molar-refractivity contribution in [3.8, 4) is 0 Å². The number of benzene rings is 1. The van der Waals surface area contributed by atoms with E-state index in [1.165, 1.54) is 11.3 Å². The van der Waals surface area contributed by atoms with Crippen molar-refractivity contribution in [2.75, 3.05) is 11.1 Å². The molecule has 2 aromatic heterocycles. The number of pyridine rings is 1. The molecule has 3 aromatic rings. The predicted octanol–water partition coefficient (Wildman–Crippen LogP) is 3.33. The van der Waals surface area contributed by atoms with Crippen molar-refractivity contribution in [3.05, 3.63) is 42.2 Å². The first kappa shape index (κ1) is 11.0. The van der Waals surface area contributed by atoms with Crippen LogP contribution >= 0.6 is 11.3 Å². The molecule has 0 aliphatic rings. The third kappa shape index (κ3) is 2.00. The van der Waals surface area contributed by atoms with Gasteiger partial charge in [0.25, 0.3) is 0 Å². The SMILES string of the molecule is Cc1ccc2cccc(Nc3ncc(N)s3)c2n1. The van der Waals surface area contributed by atoms with Gasteiger partial charge in [-0.15, -0.1) is 0 Å². The van der Waals surface area contributed by atoms with E-state index in [-0.39, 0.29) is 0 Å². The Morgan fingerprint density at radius 2 is 2.11 bits per heavy atom. The van der Waals surface area contributed by atoms with E-state index in [1.807, 2.05) is 31.2 Å². The van der Waals surface area contributed by atoms with Gasteiger partial charge in [0.15, 0.2) is 5.13 Å². The van der Waals surface area contributed by atoms with E-state index in [0.717, 1.165) is 27.4 Å². The zero-order chi connectivity index (χ0) is 12.5. The van der Waals surface area contributed by atoms with Crippen LogP contribution in [0, 0.1) is 6.92 Å². The van der Waals surface area contributed by atoms with Gasteiger partial charge in [-0.25, -0.2) is 4.98 Å². The maximum absolute atomic E-state index is 5.67. The number of nitrogens with two attached hydrogens (primary N) is 1. The van der Waals surface area contributed by atoms with Crippen LogP contribution in [0.25, 0.3) is 10.9 Å². The van der Waals surface area contributed by atoms with E-state index in [1.54, 1.807) is 6.20 Å². The van der Waals surface area contributed by atoms with Gasteiger partial charge in [-0.3, -0.25) is 4.98 Å². The summed E-state index contributed by atoms with van der Waals surface area (Å²) in [5, 5.41) is 5.84. The van der Waals surface area contributed by atoms with Gasteiger partial charge in [0, 0.05) is 11.1 Å². The second kappa shape index (κ2) is 4.27. The number of rotatable bonds is 2. The molecule has 3 N–H and O–H groups in total. The molecular weight excluding hydrogens is 244 g/mol. The second-order valence-electron chi connectivity index (χ2n) is 4.02. The molecule has 0 saturated carbocycles. The van der Waals surface area contributed by atoms with Gasteiger partial charge >= 0.3 is 0 Å². The molecule has 0 unspecified atom stereocenters. The molecule has 4 nitrogen and oxygen atoms in total. The monoisotopic (exact) mass is 256 g/mol. The van der Waals surface area contributed by atoms with Crippen LogP contribution in [0.5, 0.6) is 0 Å². The van der Waals surface area contributed by atoms with E-state index in [9.17, 15) is 0 Å². The average Bonchev–Trinajstić information content (AvgIpc) is 2.76. The number of thiazole rings is 1. The molecule has 18 heavy (non-hydrogen) atoms. The summed E-state index contributed by atoms with van der Waals surface area (Å²) in [5.74, 6) is 0. The topological polar surface area (TPSA) is 63.8 Å². The molecule has 0 saturated heterocycles. The third-order valence-corrected chi connectivity index (χ3v) is 3.37. The lowest BCUT2D eigenvalue weighted by Gasteiger charge is -2.07. The van der Waals surface area contributed by atoms with Gasteiger partial charge in [-0.1, -0.05) is 29.5 Å². The third-order valence-electron chi connectivity index (χ3n) is 2.62. The van der Waals surface area contributed by atoms with Crippen LogP contribution in [0.2, 0.25) is 0 Å². The smallest absolute Gasteiger partial charge is 0.189 e. The number of anilines is 3. The molecule has 0 radical (unpaired) electrons. The summed E-state index contributed by atoms with van der Waals surface area (Å²) in [5.41, 5.74) is 8.56. The summed E-state index contributed by atoms with van der Waals surface area (Å²) in [6.45, 7) is 1.98. The van der Waals surface area contributed by atoms with Crippen LogP contribution in [0.1, 0.15) is 5.69 Å². The molecule has 90 valence electrons. The van der Waals surface area contributed by atoms with Crippen molar-refractivity contribution in [2.45, 2.75) is 6.92 Å². The number of nitrogen functional groups attached to an aromatic ring is 1. The lowest BCUT2D eigenvalue weighted by molar-refractivity contribution is 1.25. The molecule has 0 aliphatic carbocycles. The minimum Gasteiger partial charge on any atom is -0.389 e. The van der Waals surface area contributed by atoms with Gasteiger partial charge in [0.2, 0.25) is 0 Å². The van der Waals surface area contributed by atoms with Crippen molar-refractivity contribution >= 4 is 38.1 Å². The Morgan fingerprint density at radius 3 is 2.89 bits per heavy atom. The minimum absolute atomic E-state index is 0.696. The average molecular weight is 256 g/mol. The molecule has 5 heteroatoms. The standard InChI is InChI=1S/C13H12N4S/c1-8-5-6-9-3-2-4-10(12(9)16-8)17-13-15-7-11(14)18-13/h2-7H,14H2,1H3,(H,15,17). The lowest BCUT2D eigenvalue weighted by atomic mass is 10.2. The first-order chi connectivity index (χ1) is 8.72. The van der Waals surface area contributed by atoms with Gasteiger partial charge in [0.1, 0.15) is 5.00 Å². The molecule has 3 rings (SSSR count). The number of para-hydroxylation sites is 1. The summed E-state index contributed by atoms with van der Waals surface area (Å²) in [4.78, 5) is 8.76. The summed E-state index contributed by atoms with van der Waals surface area (Å²) < 4.78 is 0. The summed E-state index contributed by atoms with van der Waals surface area (Å²) >= 11 is 1.42. The number of fused-ring (bicyclic) bond motifs is 1. The Balaban J connectivity index is 2.08. The highest BCUT2D eigenvalue weighted by Gasteiger charge is 2.05. The molecule has 1 aromatic carbocycles. The Bertz CT molecular complexity index is 705. The maximum Gasteiger partial charge on any atom is 0.189 e. The van der Waals surface area contributed by atoms with Crippen LogP contribution in [-0.4, -0.2) is 9.97 Å². The highest BCUT2D eigenvalue weighted by Crippen LogP contribution is 2.28. The molecule has 0 amide bonds. The fourth-order valence-electron chi connectivity index (χ4n) is 1.81. The van der Waals surface area contributed by atoms with E-state index in [4.69, 9.17) is 5.73 Å². The summed E-state index contributed by atoms with van der Waals surface area (Å²) in [7, 11) is 0. The largest absolute Gasteiger partial charge is 0.389 e. The van der Waals surface area contributed by atoms with Gasteiger partial charge in [-0.05, 0) is 19.1 Å². The molecule has 0 fully saturated rings. The Morgan fingerprint density at radius 1 is 1.22 bits per heavy atom. The molecule has 2 heterocycles. The van der Waals surface area contributed by atoms with Crippen LogP contribution < -0.4 is 11.1 Å². The number of hydrogen-bond donors (Lipinski definition) is 2. The first-order valence-electron chi connectivity index (χ1n) is 5.57. The number of aryl methyl sites for hydroxylation is 1. The van der Waals surface area contributed by atoms with Gasteiger partial charge in [0.05, 0.1) is 17.4 Å². The fraction of sp³-hybridized carbons (Fsp3) is 0.0769. The van der Waals surface area contributed by atoms with Crippen LogP contribution in [-0.2, 0) is 0 Å². The van der Waals surface area contributed by atoms with Crippen molar-refractivity contribution in [1.82, 2.24) is 9.97 Å².